The standard InChI is InChI=1S/C26H21ClF3N3O6S2/c1-2-32(40(35,36)21-13-9-19(27)10-14-21)24-15-31-25(23-6-4-3-5-22(23)24)33(16-39-17-34)41(37,38)20-11-7-18(8-12-20)26(28,29)30/h3-15,17H,2,16H2,1H3. The predicted octanol–water partition coefficient (Wildman–Crippen LogP) is 5.45. The molecule has 0 fully saturated rings. The fourth-order valence-corrected chi connectivity index (χ4v) is 6.96. The lowest BCUT2D eigenvalue weighted by atomic mass is 10.1. The third kappa shape index (κ3) is 5.94. The second-order valence-corrected chi connectivity index (χ2v) is 12.6. The minimum atomic E-state index is -4.69. The van der Waals surface area contributed by atoms with Gasteiger partial charge in [-0.2, -0.15) is 13.2 Å². The van der Waals surface area contributed by atoms with Gasteiger partial charge in [0.1, 0.15) is 0 Å². The number of rotatable bonds is 10. The summed E-state index contributed by atoms with van der Waals surface area (Å²) in [4.78, 5) is 14.7. The van der Waals surface area contributed by atoms with E-state index in [9.17, 15) is 34.8 Å². The molecule has 0 N–H and O–H groups in total. The molecule has 3 aromatic carbocycles. The van der Waals surface area contributed by atoms with E-state index in [-0.39, 0.29) is 40.2 Å². The number of fused-ring (bicyclic) bond motifs is 1. The van der Waals surface area contributed by atoms with Crippen LogP contribution in [0.4, 0.5) is 24.7 Å². The quantitative estimate of drug-likeness (QED) is 0.170. The molecule has 0 spiro atoms. The van der Waals surface area contributed by atoms with Crippen molar-refractivity contribution in [3.8, 4) is 0 Å². The second kappa shape index (κ2) is 11.5. The molecule has 216 valence electrons. The number of halogens is 4. The molecule has 4 aromatic rings. The van der Waals surface area contributed by atoms with Crippen LogP contribution in [0.15, 0.2) is 88.8 Å². The first-order valence-electron chi connectivity index (χ1n) is 11.7. The van der Waals surface area contributed by atoms with Gasteiger partial charge in [-0.25, -0.2) is 26.1 Å². The SMILES string of the molecule is CCN(c1cnc(N(COC=O)S(=O)(=O)c2ccc(C(F)(F)F)cc2)c2ccccc12)S(=O)(=O)c1ccc(Cl)cc1. The maximum atomic E-state index is 13.6. The third-order valence-electron chi connectivity index (χ3n) is 5.98. The highest BCUT2D eigenvalue weighted by Gasteiger charge is 2.33. The number of anilines is 2. The molecule has 1 aromatic heterocycles. The Morgan fingerprint density at radius 2 is 1.39 bits per heavy atom. The van der Waals surface area contributed by atoms with Crippen LogP contribution in [0, 0.1) is 0 Å². The first kappa shape index (κ1) is 30.1. The zero-order valence-corrected chi connectivity index (χ0v) is 23.5. The zero-order valence-electron chi connectivity index (χ0n) is 21.1. The largest absolute Gasteiger partial charge is 0.445 e. The molecule has 4 rings (SSSR count). The molecule has 0 aliphatic carbocycles. The molecule has 1 heterocycles. The first-order chi connectivity index (χ1) is 19.3. The Morgan fingerprint density at radius 1 is 0.854 bits per heavy atom. The van der Waals surface area contributed by atoms with E-state index in [1.165, 1.54) is 30.3 Å². The molecule has 0 unspecified atom stereocenters. The topological polar surface area (TPSA) is 114 Å². The van der Waals surface area contributed by atoms with Crippen molar-refractivity contribution in [2.45, 2.75) is 22.9 Å². The number of carbonyl (C=O) groups is 1. The van der Waals surface area contributed by atoms with Crippen molar-refractivity contribution in [3.63, 3.8) is 0 Å². The molecule has 0 bridgehead atoms. The van der Waals surface area contributed by atoms with Gasteiger partial charge < -0.3 is 4.74 Å². The number of carbonyl (C=O) groups excluding carboxylic acids is 1. The molecule has 0 aliphatic heterocycles. The van der Waals surface area contributed by atoms with E-state index < -0.39 is 43.4 Å². The van der Waals surface area contributed by atoms with Crippen LogP contribution in [-0.4, -0.2) is 41.6 Å². The molecule has 41 heavy (non-hydrogen) atoms. The maximum absolute atomic E-state index is 13.6. The first-order valence-corrected chi connectivity index (χ1v) is 15.0. The lowest BCUT2D eigenvalue weighted by Crippen LogP contribution is -2.35. The maximum Gasteiger partial charge on any atom is 0.416 e. The van der Waals surface area contributed by atoms with Crippen LogP contribution >= 0.6 is 11.6 Å². The van der Waals surface area contributed by atoms with Crippen LogP contribution in [0.25, 0.3) is 10.8 Å². The molecule has 0 radical (unpaired) electrons. The molecule has 0 amide bonds. The van der Waals surface area contributed by atoms with E-state index in [2.05, 4.69) is 4.98 Å². The highest BCUT2D eigenvalue weighted by atomic mass is 35.5. The van der Waals surface area contributed by atoms with Gasteiger partial charge >= 0.3 is 6.18 Å². The Morgan fingerprint density at radius 3 is 1.93 bits per heavy atom. The summed E-state index contributed by atoms with van der Waals surface area (Å²) in [7, 11) is -8.73. The van der Waals surface area contributed by atoms with Gasteiger partial charge in [-0.15, -0.1) is 0 Å². The minimum absolute atomic E-state index is 0.00331. The van der Waals surface area contributed by atoms with Gasteiger partial charge in [-0.3, -0.25) is 9.10 Å². The number of nitrogens with zero attached hydrogens (tertiary/aromatic N) is 3. The van der Waals surface area contributed by atoms with Crippen LogP contribution in [0.2, 0.25) is 5.02 Å². The van der Waals surface area contributed by atoms with Crippen molar-refractivity contribution < 1.29 is 39.5 Å². The highest BCUT2D eigenvalue weighted by molar-refractivity contribution is 7.93. The smallest absolute Gasteiger partial charge is 0.416 e. The fraction of sp³-hybridized carbons (Fsp3) is 0.154. The summed E-state index contributed by atoms with van der Waals surface area (Å²) in [6.45, 7) is 0.736. The number of pyridine rings is 1. The van der Waals surface area contributed by atoms with Gasteiger partial charge in [-0.05, 0) is 55.5 Å². The van der Waals surface area contributed by atoms with Gasteiger partial charge in [-0.1, -0.05) is 35.9 Å². The number of aromatic nitrogens is 1. The summed E-state index contributed by atoms with van der Waals surface area (Å²) >= 11 is 5.91. The van der Waals surface area contributed by atoms with Gasteiger partial charge in [0.25, 0.3) is 26.5 Å². The normalized spacial score (nSPS) is 12.2. The number of hydrogen-bond donors (Lipinski definition) is 0. The average molecular weight is 628 g/mol. The van der Waals surface area contributed by atoms with Crippen molar-refractivity contribution in [3.05, 3.63) is 89.6 Å². The van der Waals surface area contributed by atoms with Crippen molar-refractivity contribution in [1.29, 1.82) is 0 Å². The van der Waals surface area contributed by atoms with Gasteiger partial charge in [0, 0.05) is 22.3 Å². The Kier molecular flexibility index (Phi) is 8.47. The number of alkyl halides is 3. The van der Waals surface area contributed by atoms with Crippen LogP contribution in [0.1, 0.15) is 12.5 Å². The Labute approximate surface area is 238 Å². The molecule has 0 atom stereocenters. The molecule has 0 aliphatic rings. The van der Waals surface area contributed by atoms with Crippen molar-refractivity contribution in [2.24, 2.45) is 0 Å². The van der Waals surface area contributed by atoms with E-state index >= 15 is 0 Å². The molecule has 15 heteroatoms. The van der Waals surface area contributed by atoms with E-state index in [1.807, 2.05) is 0 Å². The van der Waals surface area contributed by atoms with Crippen molar-refractivity contribution >= 4 is 60.4 Å². The summed E-state index contributed by atoms with van der Waals surface area (Å²) in [5.41, 5.74) is -0.924. The van der Waals surface area contributed by atoms with E-state index in [1.54, 1.807) is 25.1 Å². The highest BCUT2D eigenvalue weighted by Crippen LogP contribution is 2.37. The Bertz CT molecular complexity index is 1780. The van der Waals surface area contributed by atoms with Crippen molar-refractivity contribution in [2.75, 3.05) is 21.9 Å². The number of sulfonamides is 2. The minimum Gasteiger partial charge on any atom is -0.445 e. The van der Waals surface area contributed by atoms with E-state index in [4.69, 9.17) is 16.3 Å². The van der Waals surface area contributed by atoms with E-state index in [0.29, 0.717) is 21.5 Å². The third-order valence-corrected chi connectivity index (χ3v) is 9.86. The van der Waals surface area contributed by atoms with Crippen LogP contribution in [-0.2, 0) is 35.8 Å². The zero-order chi connectivity index (χ0) is 30.0. The summed E-state index contributed by atoms with van der Waals surface area (Å²) in [5.74, 6) is -0.244. The second-order valence-electron chi connectivity index (χ2n) is 8.40. The number of hydrogen-bond acceptors (Lipinski definition) is 7. The molecular weight excluding hydrogens is 607 g/mol. The van der Waals surface area contributed by atoms with Gasteiger partial charge in [0.2, 0.25) is 0 Å². The predicted molar refractivity (Wildman–Crippen MR) is 147 cm³/mol. The number of ether oxygens (including phenoxy) is 1. The van der Waals surface area contributed by atoms with Crippen LogP contribution in [0.5, 0.6) is 0 Å². The van der Waals surface area contributed by atoms with Gasteiger partial charge in [0.05, 0.1) is 27.2 Å². The summed E-state index contributed by atoms with van der Waals surface area (Å²) in [6.07, 6.45) is -3.53. The number of benzene rings is 3. The van der Waals surface area contributed by atoms with Gasteiger partial charge in [0.15, 0.2) is 12.5 Å². The Hall–Kier alpha value is -3.88. The fourth-order valence-electron chi connectivity index (χ4n) is 4.05. The lowest BCUT2D eigenvalue weighted by molar-refractivity contribution is -0.137. The monoisotopic (exact) mass is 627 g/mol. The molecule has 9 nitrogen and oxygen atoms in total. The molecule has 0 saturated carbocycles. The van der Waals surface area contributed by atoms with Crippen molar-refractivity contribution in [1.82, 2.24) is 4.98 Å². The summed E-state index contributed by atoms with van der Waals surface area (Å²) in [6, 6.07) is 14.5. The summed E-state index contributed by atoms with van der Waals surface area (Å²) in [5, 5.41) is 0.797. The van der Waals surface area contributed by atoms with E-state index in [0.717, 1.165) is 22.6 Å². The summed E-state index contributed by atoms with van der Waals surface area (Å²) < 4.78 is 99.8. The Balaban J connectivity index is 1.87. The van der Waals surface area contributed by atoms with Crippen LogP contribution < -0.4 is 8.61 Å². The molecule has 0 saturated heterocycles. The van der Waals surface area contributed by atoms with Crippen LogP contribution in [0.3, 0.4) is 0 Å². The lowest BCUT2D eigenvalue weighted by Gasteiger charge is -2.27. The average Bonchev–Trinajstić information content (AvgIpc) is 2.94. The molecular formula is C26H21ClF3N3O6S2.